The van der Waals surface area contributed by atoms with E-state index in [1.165, 1.54) is 0 Å². The molecule has 2 N–H and O–H groups in total. The Kier molecular flexibility index (Phi) is 5.40. The second-order valence-corrected chi connectivity index (χ2v) is 5.35. The molecular formula is C15H18N4O4. The van der Waals surface area contributed by atoms with Crippen molar-refractivity contribution < 1.29 is 19.2 Å². The molecular weight excluding hydrogens is 300 g/mol. The standard InChI is InChI=1S/C15H18N4O4/c1-9(2)13(15(21)22)17-11(20)6-7-12-18-14(19-23-12)10-5-3-4-8-16-10/h3-5,8-9,13H,6-7H2,1-2H3,(H,17,20)(H,21,22). The van der Waals surface area contributed by atoms with E-state index in [9.17, 15) is 9.59 Å². The van der Waals surface area contributed by atoms with Crippen LogP contribution in [0, 0.1) is 5.92 Å². The molecule has 1 unspecified atom stereocenters. The van der Waals surface area contributed by atoms with Crippen molar-refractivity contribution in [2.45, 2.75) is 32.7 Å². The molecule has 2 aromatic rings. The Morgan fingerprint density at radius 2 is 2.13 bits per heavy atom. The fraction of sp³-hybridized carbons (Fsp3) is 0.400. The SMILES string of the molecule is CC(C)C(NC(=O)CCc1nc(-c2ccccn2)no1)C(=O)O. The minimum atomic E-state index is -1.05. The van der Waals surface area contributed by atoms with Crippen molar-refractivity contribution in [2.24, 2.45) is 5.92 Å². The van der Waals surface area contributed by atoms with E-state index in [-0.39, 0.29) is 24.7 Å². The lowest BCUT2D eigenvalue weighted by Crippen LogP contribution is -2.44. The number of carboxylic acids is 1. The van der Waals surface area contributed by atoms with Crippen molar-refractivity contribution in [1.29, 1.82) is 0 Å². The van der Waals surface area contributed by atoms with E-state index >= 15 is 0 Å². The number of carbonyl (C=O) groups is 2. The quantitative estimate of drug-likeness (QED) is 0.789. The Morgan fingerprint density at radius 3 is 2.74 bits per heavy atom. The average molecular weight is 318 g/mol. The fourth-order valence-corrected chi connectivity index (χ4v) is 1.94. The highest BCUT2D eigenvalue weighted by Gasteiger charge is 2.23. The number of aromatic nitrogens is 3. The summed E-state index contributed by atoms with van der Waals surface area (Å²) in [6.07, 6.45) is 1.92. The molecule has 23 heavy (non-hydrogen) atoms. The second-order valence-electron chi connectivity index (χ2n) is 5.35. The summed E-state index contributed by atoms with van der Waals surface area (Å²) in [5, 5.41) is 15.3. The third-order valence-electron chi connectivity index (χ3n) is 3.18. The van der Waals surface area contributed by atoms with Crippen LogP contribution in [-0.4, -0.2) is 38.1 Å². The van der Waals surface area contributed by atoms with Crippen LogP contribution in [0.15, 0.2) is 28.9 Å². The number of aryl methyl sites for hydroxylation is 1. The lowest BCUT2D eigenvalue weighted by atomic mass is 10.0. The van der Waals surface area contributed by atoms with E-state index in [0.717, 1.165) is 0 Å². The molecule has 0 fully saturated rings. The van der Waals surface area contributed by atoms with Gasteiger partial charge in [0, 0.05) is 19.0 Å². The summed E-state index contributed by atoms with van der Waals surface area (Å²) < 4.78 is 5.07. The van der Waals surface area contributed by atoms with Crippen molar-refractivity contribution in [2.75, 3.05) is 0 Å². The van der Waals surface area contributed by atoms with Crippen LogP contribution >= 0.6 is 0 Å². The summed E-state index contributed by atoms with van der Waals surface area (Å²) in [5.41, 5.74) is 0.581. The van der Waals surface area contributed by atoms with Crippen LogP contribution in [0.5, 0.6) is 0 Å². The molecule has 0 saturated carbocycles. The number of amides is 1. The van der Waals surface area contributed by atoms with E-state index in [4.69, 9.17) is 9.63 Å². The van der Waals surface area contributed by atoms with Crippen molar-refractivity contribution in [3.8, 4) is 11.5 Å². The molecule has 2 heterocycles. The highest BCUT2D eigenvalue weighted by atomic mass is 16.5. The van der Waals surface area contributed by atoms with Crippen LogP contribution in [0.2, 0.25) is 0 Å². The minimum absolute atomic E-state index is 0.0698. The molecule has 8 heteroatoms. The van der Waals surface area contributed by atoms with Crippen LogP contribution in [0.3, 0.4) is 0 Å². The molecule has 0 bridgehead atoms. The Labute approximate surface area is 132 Å². The predicted octanol–water partition coefficient (Wildman–Crippen LogP) is 1.29. The summed E-state index contributed by atoms with van der Waals surface area (Å²) in [7, 11) is 0. The molecule has 8 nitrogen and oxygen atoms in total. The van der Waals surface area contributed by atoms with Gasteiger partial charge in [-0.15, -0.1) is 0 Å². The molecule has 1 atom stereocenters. The van der Waals surface area contributed by atoms with Crippen LogP contribution in [0.1, 0.15) is 26.2 Å². The third-order valence-corrected chi connectivity index (χ3v) is 3.18. The van der Waals surface area contributed by atoms with E-state index < -0.39 is 12.0 Å². The van der Waals surface area contributed by atoms with Gasteiger partial charge < -0.3 is 14.9 Å². The Balaban J connectivity index is 1.90. The summed E-state index contributed by atoms with van der Waals surface area (Å²) in [6, 6.07) is 4.43. The van der Waals surface area contributed by atoms with Gasteiger partial charge in [-0.2, -0.15) is 4.98 Å². The summed E-state index contributed by atoms with van der Waals surface area (Å²) in [5.74, 6) is -0.966. The first-order valence-electron chi connectivity index (χ1n) is 7.23. The van der Waals surface area contributed by atoms with E-state index in [2.05, 4.69) is 20.4 Å². The van der Waals surface area contributed by atoms with E-state index in [1.807, 2.05) is 6.07 Å². The van der Waals surface area contributed by atoms with Gasteiger partial charge in [0.1, 0.15) is 11.7 Å². The van der Waals surface area contributed by atoms with Gasteiger partial charge in [-0.3, -0.25) is 9.78 Å². The number of carboxylic acid groups (broad SMARTS) is 1. The molecule has 0 saturated heterocycles. The topological polar surface area (TPSA) is 118 Å². The van der Waals surface area contributed by atoms with Crippen molar-refractivity contribution in [1.82, 2.24) is 20.4 Å². The number of nitrogens with one attached hydrogen (secondary N) is 1. The molecule has 0 aliphatic carbocycles. The number of pyridine rings is 1. The third kappa shape index (κ3) is 4.60. The summed E-state index contributed by atoms with van der Waals surface area (Å²) >= 11 is 0. The molecule has 2 rings (SSSR count). The zero-order valence-electron chi connectivity index (χ0n) is 12.9. The molecule has 2 aromatic heterocycles. The highest BCUT2D eigenvalue weighted by molar-refractivity contribution is 5.83. The van der Waals surface area contributed by atoms with Crippen molar-refractivity contribution in [3.05, 3.63) is 30.3 Å². The van der Waals surface area contributed by atoms with Crippen molar-refractivity contribution in [3.63, 3.8) is 0 Å². The molecule has 1 amide bonds. The minimum Gasteiger partial charge on any atom is -0.480 e. The van der Waals surface area contributed by atoms with Crippen LogP contribution in [0.25, 0.3) is 11.5 Å². The van der Waals surface area contributed by atoms with Crippen LogP contribution < -0.4 is 5.32 Å². The molecule has 0 aromatic carbocycles. The summed E-state index contributed by atoms with van der Waals surface area (Å²) in [4.78, 5) is 31.2. The first kappa shape index (κ1) is 16.6. The monoisotopic (exact) mass is 318 g/mol. The Morgan fingerprint density at radius 1 is 1.35 bits per heavy atom. The van der Waals surface area contributed by atoms with E-state index in [1.54, 1.807) is 32.2 Å². The number of aliphatic carboxylic acids is 1. The van der Waals surface area contributed by atoms with Crippen molar-refractivity contribution >= 4 is 11.9 Å². The molecule has 0 radical (unpaired) electrons. The second kappa shape index (κ2) is 7.48. The van der Waals surface area contributed by atoms with Gasteiger partial charge in [0.2, 0.25) is 17.6 Å². The van der Waals surface area contributed by atoms with Gasteiger partial charge >= 0.3 is 5.97 Å². The normalized spacial score (nSPS) is 12.1. The number of carbonyl (C=O) groups excluding carboxylic acids is 1. The summed E-state index contributed by atoms with van der Waals surface area (Å²) in [6.45, 7) is 3.46. The average Bonchev–Trinajstić information content (AvgIpc) is 3.00. The van der Waals surface area contributed by atoms with Crippen LogP contribution in [-0.2, 0) is 16.0 Å². The number of hydrogen-bond acceptors (Lipinski definition) is 6. The number of rotatable bonds is 7. The number of nitrogens with zero attached hydrogens (tertiary/aromatic N) is 3. The Hall–Kier alpha value is -2.77. The zero-order chi connectivity index (χ0) is 16.8. The predicted molar refractivity (Wildman–Crippen MR) is 80.3 cm³/mol. The molecule has 0 spiro atoms. The lowest BCUT2D eigenvalue weighted by Gasteiger charge is -2.17. The first-order chi connectivity index (χ1) is 11.0. The highest BCUT2D eigenvalue weighted by Crippen LogP contribution is 2.12. The molecule has 122 valence electrons. The molecule has 0 aliphatic heterocycles. The van der Waals surface area contributed by atoms with Gasteiger partial charge in [0.25, 0.3) is 0 Å². The molecule has 0 aliphatic rings. The van der Waals surface area contributed by atoms with Gasteiger partial charge in [-0.1, -0.05) is 25.1 Å². The Bertz CT molecular complexity index is 669. The number of hydrogen-bond donors (Lipinski definition) is 2. The lowest BCUT2D eigenvalue weighted by molar-refractivity contribution is -0.143. The smallest absolute Gasteiger partial charge is 0.326 e. The van der Waals surface area contributed by atoms with Gasteiger partial charge in [0.05, 0.1) is 0 Å². The largest absolute Gasteiger partial charge is 0.480 e. The maximum absolute atomic E-state index is 11.8. The fourth-order valence-electron chi connectivity index (χ4n) is 1.94. The maximum Gasteiger partial charge on any atom is 0.326 e. The van der Waals surface area contributed by atoms with Gasteiger partial charge in [0.15, 0.2) is 0 Å². The first-order valence-corrected chi connectivity index (χ1v) is 7.23. The van der Waals surface area contributed by atoms with Gasteiger partial charge in [-0.05, 0) is 18.1 Å². The maximum atomic E-state index is 11.8. The van der Waals surface area contributed by atoms with Gasteiger partial charge in [-0.25, -0.2) is 4.79 Å². The van der Waals surface area contributed by atoms with Crippen LogP contribution in [0.4, 0.5) is 0 Å². The zero-order valence-corrected chi connectivity index (χ0v) is 12.9. The van der Waals surface area contributed by atoms with E-state index in [0.29, 0.717) is 17.4 Å².